The fourth-order valence-electron chi connectivity index (χ4n) is 1.71. The molecule has 2 heterocycles. The molecule has 0 radical (unpaired) electrons. The first kappa shape index (κ1) is 12.8. The lowest BCUT2D eigenvalue weighted by molar-refractivity contribution is 0.0697. The predicted molar refractivity (Wildman–Crippen MR) is 79.5 cm³/mol. The molecule has 0 saturated carbocycles. The van der Waals surface area contributed by atoms with E-state index in [9.17, 15) is 9.90 Å². The van der Waals surface area contributed by atoms with Crippen molar-refractivity contribution in [3.63, 3.8) is 0 Å². The first-order chi connectivity index (χ1) is 9.63. The molecule has 0 amide bonds. The molecule has 0 spiro atoms. The number of benzene rings is 1. The van der Waals surface area contributed by atoms with Gasteiger partial charge in [0.2, 0.25) is 0 Å². The number of thiazole rings is 1. The van der Waals surface area contributed by atoms with Crippen LogP contribution in [0.2, 0.25) is 0 Å². The van der Waals surface area contributed by atoms with Crippen LogP contribution in [0.5, 0.6) is 5.75 Å². The van der Waals surface area contributed by atoms with Crippen LogP contribution in [-0.4, -0.2) is 21.2 Å². The molecule has 20 heavy (non-hydrogen) atoms. The maximum Gasteiger partial charge on any atom is 0.336 e. The van der Waals surface area contributed by atoms with Crippen molar-refractivity contribution < 1.29 is 15.0 Å². The molecule has 2 aromatic heterocycles. The van der Waals surface area contributed by atoms with Gasteiger partial charge in [0, 0.05) is 16.3 Å². The molecule has 100 valence electrons. The number of aromatic carboxylic acids is 1. The summed E-state index contributed by atoms with van der Waals surface area (Å²) in [6.45, 7) is 0. The van der Waals surface area contributed by atoms with Crippen LogP contribution in [0.3, 0.4) is 0 Å². The molecule has 0 atom stereocenters. The highest BCUT2D eigenvalue weighted by Gasteiger charge is 2.11. The second-order valence-corrected chi connectivity index (χ2v) is 5.86. The SMILES string of the molecule is O=C(O)c1csc(-c2csc(-c3ccc(O)cc3)n2)c1. The number of hydrogen-bond donors (Lipinski definition) is 2. The zero-order chi connectivity index (χ0) is 14.1. The van der Waals surface area contributed by atoms with Gasteiger partial charge in [-0.25, -0.2) is 9.78 Å². The Kier molecular flexibility index (Phi) is 3.25. The van der Waals surface area contributed by atoms with E-state index in [1.54, 1.807) is 35.7 Å². The lowest BCUT2D eigenvalue weighted by atomic mass is 10.2. The number of carbonyl (C=O) groups is 1. The molecule has 0 aliphatic rings. The van der Waals surface area contributed by atoms with Gasteiger partial charge in [-0.1, -0.05) is 0 Å². The number of hydrogen-bond acceptors (Lipinski definition) is 5. The molecule has 0 unspecified atom stereocenters. The van der Waals surface area contributed by atoms with E-state index in [0.29, 0.717) is 0 Å². The van der Waals surface area contributed by atoms with E-state index in [0.717, 1.165) is 21.1 Å². The quantitative estimate of drug-likeness (QED) is 0.768. The number of carboxylic acids is 1. The molecule has 3 rings (SSSR count). The molecule has 3 aromatic rings. The fraction of sp³-hybridized carbons (Fsp3) is 0. The van der Waals surface area contributed by atoms with E-state index in [4.69, 9.17) is 5.11 Å². The van der Waals surface area contributed by atoms with E-state index >= 15 is 0 Å². The van der Waals surface area contributed by atoms with Gasteiger partial charge >= 0.3 is 5.97 Å². The largest absolute Gasteiger partial charge is 0.508 e. The minimum Gasteiger partial charge on any atom is -0.508 e. The maximum atomic E-state index is 10.9. The lowest BCUT2D eigenvalue weighted by Gasteiger charge is -1.96. The van der Waals surface area contributed by atoms with Crippen molar-refractivity contribution in [1.82, 2.24) is 4.98 Å². The van der Waals surface area contributed by atoms with Gasteiger partial charge in [0.25, 0.3) is 0 Å². The van der Waals surface area contributed by atoms with Crippen LogP contribution in [0.1, 0.15) is 10.4 Å². The molecule has 1 aromatic carbocycles. The Balaban J connectivity index is 1.93. The highest BCUT2D eigenvalue weighted by molar-refractivity contribution is 7.15. The number of phenols is 1. The van der Waals surface area contributed by atoms with Gasteiger partial charge in [-0.15, -0.1) is 22.7 Å². The average Bonchev–Trinajstić information content (AvgIpc) is 3.08. The summed E-state index contributed by atoms with van der Waals surface area (Å²) >= 11 is 2.85. The Morgan fingerprint density at radius 1 is 1.10 bits per heavy atom. The van der Waals surface area contributed by atoms with E-state index in [1.807, 2.05) is 5.38 Å². The summed E-state index contributed by atoms with van der Waals surface area (Å²) < 4.78 is 0. The lowest BCUT2D eigenvalue weighted by Crippen LogP contribution is -1.91. The van der Waals surface area contributed by atoms with Crippen LogP contribution < -0.4 is 0 Å². The van der Waals surface area contributed by atoms with Gasteiger partial charge < -0.3 is 10.2 Å². The first-order valence-electron chi connectivity index (χ1n) is 5.70. The number of carboxylic acid groups (broad SMARTS) is 1. The maximum absolute atomic E-state index is 10.9. The average molecular weight is 303 g/mol. The molecule has 0 bridgehead atoms. The zero-order valence-corrected chi connectivity index (χ0v) is 11.7. The van der Waals surface area contributed by atoms with Gasteiger partial charge in [0.05, 0.1) is 16.1 Å². The van der Waals surface area contributed by atoms with Gasteiger partial charge in [0.15, 0.2) is 0 Å². The third-order valence-electron chi connectivity index (χ3n) is 2.72. The molecular formula is C14H9NO3S2. The van der Waals surface area contributed by atoms with Crippen molar-refractivity contribution in [2.75, 3.05) is 0 Å². The Morgan fingerprint density at radius 2 is 1.85 bits per heavy atom. The van der Waals surface area contributed by atoms with Crippen LogP contribution in [-0.2, 0) is 0 Å². The highest BCUT2D eigenvalue weighted by Crippen LogP contribution is 2.32. The summed E-state index contributed by atoms with van der Waals surface area (Å²) in [6, 6.07) is 8.46. The first-order valence-corrected chi connectivity index (χ1v) is 7.46. The van der Waals surface area contributed by atoms with Gasteiger partial charge in [0.1, 0.15) is 10.8 Å². The number of aromatic nitrogens is 1. The molecular weight excluding hydrogens is 294 g/mol. The Morgan fingerprint density at radius 3 is 2.50 bits per heavy atom. The number of thiophene rings is 1. The van der Waals surface area contributed by atoms with Crippen LogP contribution in [0.4, 0.5) is 0 Å². The molecule has 4 nitrogen and oxygen atoms in total. The third kappa shape index (κ3) is 2.43. The summed E-state index contributed by atoms with van der Waals surface area (Å²) in [5.74, 6) is -0.712. The number of nitrogens with zero attached hydrogens (tertiary/aromatic N) is 1. The van der Waals surface area contributed by atoms with Crippen LogP contribution >= 0.6 is 22.7 Å². The third-order valence-corrected chi connectivity index (χ3v) is 4.56. The van der Waals surface area contributed by atoms with Crippen LogP contribution in [0, 0.1) is 0 Å². The number of aromatic hydroxyl groups is 1. The standard InChI is InChI=1S/C14H9NO3S2/c16-10-3-1-8(2-4-10)13-15-11(7-20-13)12-5-9(6-19-12)14(17)18/h1-7,16H,(H,17,18). The highest BCUT2D eigenvalue weighted by atomic mass is 32.1. The Bertz CT molecular complexity index is 759. The van der Waals surface area contributed by atoms with Crippen molar-refractivity contribution >= 4 is 28.6 Å². The van der Waals surface area contributed by atoms with Crippen molar-refractivity contribution in [3.8, 4) is 26.9 Å². The summed E-state index contributed by atoms with van der Waals surface area (Å²) in [4.78, 5) is 16.2. The summed E-state index contributed by atoms with van der Waals surface area (Å²) in [6.07, 6.45) is 0. The Hall–Kier alpha value is -2.18. The second kappa shape index (κ2) is 5.07. The normalized spacial score (nSPS) is 10.6. The van der Waals surface area contributed by atoms with Crippen LogP contribution in [0.25, 0.3) is 21.1 Å². The number of phenolic OH excluding ortho intramolecular Hbond substituents is 1. The van der Waals surface area contributed by atoms with E-state index < -0.39 is 5.97 Å². The minimum absolute atomic E-state index is 0.217. The summed E-state index contributed by atoms with van der Waals surface area (Å²) in [7, 11) is 0. The van der Waals surface area contributed by atoms with Crippen molar-refractivity contribution in [1.29, 1.82) is 0 Å². The smallest absolute Gasteiger partial charge is 0.336 e. The van der Waals surface area contributed by atoms with Crippen molar-refractivity contribution in [3.05, 3.63) is 46.7 Å². The predicted octanol–water partition coefficient (Wildman–Crippen LogP) is 3.94. The molecule has 2 N–H and O–H groups in total. The van der Waals surface area contributed by atoms with Gasteiger partial charge in [-0.2, -0.15) is 0 Å². The Labute approximate surface area is 122 Å². The minimum atomic E-state index is -0.929. The van der Waals surface area contributed by atoms with Gasteiger partial charge in [-0.05, 0) is 30.3 Å². The molecule has 0 aliphatic carbocycles. The molecule has 6 heteroatoms. The second-order valence-electron chi connectivity index (χ2n) is 4.09. The van der Waals surface area contributed by atoms with Crippen molar-refractivity contribution in [2.24, 2.45) is 0 Å². The molecule has 0 saturated heterocycles. The zero-order valence-electron chi connectivity index (χ0n) is 10.1. The van der Waals surface area contributed by atoms with Crippen molar-refractivity contribution in [2.45, 2.75) is 0 Å². The summed E-state index contributed by atoms with van der Waals surface area (Å²) in [5, 5.41) is 22.5. The monoisotopic (exact) mass is 303 g/mol. The topological polar surface area (TPSA) is 70.4 Å². The molecule has 0 aliphatic heterocycles. The van der Waals surface area contributed by atoms with E-state index in [-0.39, 0.29) is 11.3 Å². The van der Waals surface area contributed by atoms with Gasteiger partial charge in [-0.3, -0.25) is 0 Å². The van der Waals surface area contributed by atoms with E-state index in [1.165, 1.54) is 22.7 Å². The van der Waals surface area contributed by atoms with Crippen LogP contribution in [0.15, 0.2) is 41.1 Å². The summed E-state index contributed by atoms with van der Waals surface area (Å²) in [5.41, 5.74) is 1.98. The molecule has 0 fully saturated rings. The number of rotatable bonds is 3. The fourth-order valence-corrected chi connectivity index (χ4v) is 3.45. The van der Waals surface area contributed by atoms with E-state index in [2.05, 4.69) is 4.98 Å².